The van der Waals surface area contributed by atoms with Crippen molar-refractivity contribution >= 4 is 27.7 Å². The maximum atomic E-state index is 12.6. The number of hydrogen-bond donors (Lipinski definition) is 0. The van der Waals surface area contributed by atoms with Crippen molar-refractivity contribution in [1.29, 1.82) is 0 Å². The Hall–Kier alpha value is -2.16. The molecule has 0 aromatic rings. The van der Waals surface area contributed by atoms with E-state index in [-0.39, 0.29) is 41.7 Å². The third-order valence-electron chi connectivity index (χ3n) is 4.08. The summed E-state index contributed by atoms with van der Waals surface area (Å²) in [6.07, 6.45) is 3.72. The zero-order chi connectivity index (χ0) is 19.6. The van der Waals surface area contributed by atoms with Crippen molar-refractivity contribution in [2.75, 3.05) is 12.3 Å². The molecular weight excluding hydrogens is 358 g/mol. The second-order valence-corrected chi connectivity index (χ2v) is 8.55. The third-order valence-corrected chi connectivity index (χ3v) is 5.23. The van der Waals surface area contributed by atoms with Crippen LogP contribution in [0.4, 0.5) is 0 Å². The van der Waals surface area contributed by atoms with Crippen LogP contribution in [-0.4, -0.2) is 66.4 Å². The zero-order valence-electron chi connectivity index (χ0n) is 15.7. The Morgan fingerprint density at radius 1 is 1.19 bits per heavy atom. The minimum atomic E-state index is -3.61. The van der Waals surface area contributed by atoms with Crippen LogP contribution in [0.3, 0.4) is 0 Å². The second-order valence-electron chi connectivity index (χ2n) is 6.80. The lowest BCUT2D eigenvalue weighted by atomic mass is 10.1. The van der Waals surface area contributed by atoms with E-state index in [0.717, 1.165) is 0 Å². The lowest BCUT2D eigenvalue weighted by Crippen LogP contribution is -2.48. The van der Waals surface area contributed by atoms with Crippen LogP contribution in [0.25, 0.3) is 0 Å². The molecule has 9 heteroatoms. The molecule has 2 heterocycles. The molecule has 0 radical (unpaired) electrons. The van der Waals surface area contributed by atoms with Crippen LogP contribution in [0.1, 0.15) is 34.6 Å². The number of amidine groups is 1. The molecule has 144 valence electrons. The maximum Gasteiger partial charge on any atom is 0.342 e. The molecule has 0 aliphatic carbocycles. The molecule has 8 nitrogen and oxygen atoms in total. The summed E-state index contributed by atoms with van der Waals surface area (Å²) in [7, 11) is -3.61. The van der Waals surface area contributed by atoms with Crippen LogP contribution in [0.2, 0.25) is 0 Å². The Kier molecular flexibility index (Phi) is 5.90. The van der Waals surface area contributed by atoms with E-state index in [4.69, 9.17) is 4.74 Å². The van der Waals surface area contributed by atoms with Gasteiger partial charge in [0.15, 0.2) is 11.9 Å². The molecule has 1 amide bonds. The number of esters is 1. The summed E-state index contributed by atoms with van der Waals surface area (Å²) in [5.41, 5.74) is 0.0241. The Balaban J connectivity index is 2.18. The van der Waals surface area contributed by atoms with Crippen molar-refractivity contribution in [3.8, 4) is 0 Å². The van der Waals surface area contributed by atoms with Crippen LogP contribution < -0.4 is 0 Å². The van der Waals surface area contributed by atoms with Crippen LogP contribution >= 0.6 is 0 Å². The highest BCUT2D eigenvalue weighted by Crippen LogP contribution is 2.20. The molecule has 0 bridgehead atoms. The highest BCUT2D eigenvalue weighted by Gasteiger charge is 2.33. The molecule has 2 aliphatic rings. The van der Waals surface area contributed by atoms with Gasteiger partial charge in [0.05, 0.1) is 5.75 Å². The van der Waals surface area contributed by atoms with E-state index in [0.29, 0.717) is 0 Å². The summed E-state index contributed by atoms with van der Waals surface area (Å²) in [5, 5.41) is 0. The summed E-state index contributed by atoms with van der Waals surface area (Å²) in [6, 6.07) is -0.0762. The second kappa shape index (κ2) is 7.61. The first kappa shape index (κ1) is 20.2. The fourth-order valence-electron chi connectivity index (χ4n) is 2.97. The lowest BCUT2D eigenvalue weighted by Gasteiger charge is -2.33. The van der Waals surface area contributed by atoms with Crippen LogP contribution in [0, 0.1) is 0 Å². The van der Waals surface area contributed by atoms with Gasteiger partial charge in [-0.3, -0.25) is 4.79 Å². The normalized spacial score (nSPS) is 19.6. The number of hydrogen-bond acceptors (Lipinski definition) is 6. The topological polar surface area (TPSA) is 96.4 Å². The Bertz CT molecular complexity index is 772. The molecule has 2 aliphatic heterocycles. The standard InChI is InChI=1S/C17H25N3O5S/c1-11(2)20(12(3)4)16(21)13(5)25-17(22)14-7-6-8-19-9-10-26(23,24)18-15(14)19/h6-8,11-13H,9-10H2,1-5H3/t13-/m1/s1. The average molecular weight is 383 g/mol. The zero-order valence-corrected chi connectivity index (χ0v) is 16.5. The van der Waals surface area contributed by atoms with E-state index in [1.54, 1.807) is 22.1 Å². The van der Waals surface area contributed by atoms with Gasteiger partial charge in [-0.05, 0) is 46.8 Å². The molecule has 0 aromatic carbocycles. The molecule has 1 atom stereocenters. The quantitative estimate of drug-likeness (QED) is 0.659. The lowest BCUT2D eigenvalue weighted by molar-refractivity contribution is -0.157. The third kappa shape index (κ3) is 4.32. The van der Waals surface area contributed by atoms with E-state index >= 15 is 0 Å². The molecule has 2 rings (SSSR count). The minimum absolute atomic E-state index is 0.0241. The summed E-state index contributed by atoms with van der Waals surface area (Å²) in [4.78, 5) is 28.4. The summed E-state index contributed by atoms with van der Waals surface area (Å²) < 4.78 is 32.5. The maximum absolute atomic E-state index is 12.6. The first-order valence-electron chi connectivity index (χ1n) is 8.55. The van der Waals surface area contributed by atoms with Crippen molar-refractivity contribution in [3.05, 3.63) is 23.9 Å². The number of sulfonamides is 1. The fraction of sp³-hybridized carbons (Fsp3) is 0.588. The number of amides is 1. The van der Waals surface area contributed by atoms with E-state index in [1.165, 1.54) is 13.0 Å². The molecule has 0 aromatic heterocycles. The number of carbonyl (C=O) groups is 2. The molecule has 26 heavy (non-hydrogen) atoms. The smallest absolute Gasteiger partial charge is 0.342 e. The highest BCUT2D eigenvalue weighted by atomic mass is 32.2. The van der Waals surface area contributed by atoms with Crippen molar-refractivity contribution in [2.45, 2.75) is 52.8 Å². The van der Waals surface area contributed by atoms with Gasteiger partial charge in [-0.25, -0.2) is 13.2 Å². The molecular formula is C17H25N3O5S. The SMILES string of the molecule is CC(C)N(C(=O)[C@@H](C)OC(=O)C1=CC=CN2CCS(=O)(=O)N=C12)C(C)C. The van der Waals surface area contributed by atoms with Crippen molar-refractivity contribution in [2.24, 2.45) is 4.40 Å². The Labute approximate surface area is 154 Å². The van der Waals surface area contributed by atoms with Gasteiger partial charge in [-0.1, -0.05) is 0 Å². The van der Waals surface area contributed by atoms with Gasteiger partial charge < -0.3 is 14.5 Å². The van der Waals surface area contributed by atoms with Crippen LogP contribution in [0.15, 0.2) is 28.3 Å². The molecule has 0 N–H and O–H groups in total. The van der Waals surface area contributed by atoms with Crippen molar-refractivity contribution in [3.63, 3.8) is 0 Å². The van der Waals surface area contributed by atoms with Crippen LogP contribution in [-0.2, 0) is 24.3 Å². The number of carbonyl (C=O) groups excluding carboxylic acids is 2. The summed E-state index contributed by atoms with van der Waals surface area (Å²) in [6.45, 7) is 9.28. The van der Waals surface area contributed by atoms with Gasteiger partial charge in [0.1, 0.15) is 5.57 Å². The molecule has 0 fully saturated rings. The van der Waals surface area contributed by atoms with Gasteiger partial charge in [0.25, 0.3) is 15.9 Å². The molecule has 0 saturated heterocycles. The Morgan fingerprint density at radius 2 is 1.81 bits per heavy atom. The Morgan fingerprint density at radius 3 is 2.38 bits per heavy atom. The molecule has 0 spiro atoms. The highest BCUT2D eigenvalue weighted by molar-refractivity contribution is 7.90. The predicted molar refractivity (Wildman–Crippen MR) is 97.8 cm³/mol. The fourth-order valence-corrected chi connectivity index (χ4v) is 3.95. The first-order valence-corrected chi connectivity index (χ1v) is 10.2. The van der Waals surface area contributed by atoms with Gasteiger partial charge in [0, 0.05) is 24.8 Å². The van der Waals surface area contributed by atoms with Crippen molar-refractivity contribution < 1.29 is 22.7 Å². The number of ether oxygens (including phenoxy) is 1. The van der Waals surface area contributed by atoms with E-state index in [9.17, 15) is 18.0 Å². The van der Waals surface area contributed by atoms with E-state index in [2.05, 4.69) is 4.40 Å². The molecule has 0 unspecified atom stereocenters. The summed E-state index contributed by atoms with van der Waals surface area (Å²) >= 11 is 0. The minimum Gasteiger partial charge on any atom is -0.449 e. The van der Waals surface area contributed by atoms with Gasteiger partial charge in [-0.15, -0.1) is 4.40 Å². The predicted octanol–water partition coefficient (Wildman–Crippen LogP) is 1.06. The van der Waals surface area contributed by atoms with E-state index < -0.39 is 22.1 Å². The van der Waals surface area contributed by atoms with Crippen molar-refractivity contribution in [1.82, 2.24) is 9.80 Å². The molecule has 0 saturated carbocycles. The van der Waals surface area contributed by atoms with Gasteiger partial charge in [0.2, 0.25) is 0 Å². The van der Waals surface area contributed by atoms with E-state index in [1.807, 2.05) is 27.7 Å². The average Bonchev–Trinajstić information content (AvgIpc) is 2.52. The number of allylic oxidation sites excluding steroid dienone is 2. The number of nitrogens with zero attached hydrogens (tertiary/aromatic N) is 3. The van der Waals surface area contributed by atoms with Gasteiger partial charge >= 0.3 is 5.97 Å². The van der Waals surface area contributed by atoms with Crippen LogP contribution in [0.5, 0.6) is 0 Å². The summed E-state index contributed by atoms with van der Waals surface area (Å²) in [5.74, 6) is -1.16. The number of fused-ring (bicyclic) bond motifs is 1. The van der Waals surface area contributed by atoms with Gasteiger partial charge in [-0.2, -0.15) is 0 Å². The monoisotopic (exact) mass is 383 g/mol. The number of rotatable bonds is 5. The largest absolute Gasteiger partial charge is 0.449 e. The first-order chi connectivity index (χ1) is 12.0.